The van der Waals surface area contributed by atoms with Gasteiger partial charge in [-0.05, 0) is 30.5 Å². The van der Waals surface area contributed by atoms with E-state index in [-0.39, 0.29) is 11.9 Å². The van der Waals surface area contributed by atoms with Crippen LogP contribution in [0.15, 0.2) is 54.9 Å². The summed E-state index contributed by atoms with van der Waals surface area (Å²) in [5.74, 6) is 0.358. The summed E-state index contributed by atoms with van der Waals surface area (Å²) < 4.78 is 0. The van der Waals surface area contributed by atoms with Crippen molar-refractivity contribution in [3.63, 3.8) is 0 Å². The third-order valence-corrected chi connectivity index (χ3v) is 4.69. The lowest BCUT2D eigenvalue weighted by atomic mass is 10.0. The van der Waals surface area contributed by atoms with E-state index in [1.54, 1.807) is 12.4 Å². The average Bonchev–Trinajstić information content (AvgIpc) is 2.72. The summed E-state index contributed by atoms with van der Waals surface area (Å²) in [5, 5.41) is 6.51. The van der Waals surface area contributed by atoms with E-state index in [4.69, 9.17) is 0 Å². The molecule has 1 heterocycles. The van der Waals surface area contributed by atoms with Gasteiger partial charge in [0.25, 0.3) is 0 Å². The number of carbonyl (C=O) groups is 2. The number of carbonyl (C=O) groups excluding carboxylic acids is 2. The lowest BCUT2D eigenvalue weighted by molar-refractivity contribution is -0.121. The summed E-state index contributed by atoms with van der Waals surface area (Å²) in [6.45, 7) is 2.56. The molecule has 1 atom stereocenters. The van der Waals surface area contributed by atoms with E-state index >= 15 is 0 Å². The van der Waals surface area contributed by atoms with Crippen molar-refractivity contribution in [1.82, 2.24) is 10.3 Å². The number of nitrogens with one attached hydrogen (secondary N) is 2. The predicted molar refractivity (Wildman–Crippen MR) is 113 cm³/mol. The molecule has 28 heavy (non-hydrogen) atoms. The van der Waals surface area contributed by atoms with Crippen molar-refractivity contribution in [3.05, 3.63) is 60.4 Å². The molecule has 150 valence electrons. The third-order valence-electron chi connectivity index (χ3n) is 4.69. The molecule has 0 aliphatic carbocycles. The molecular formula is C23H31N3O2. The molecule has 0 bridgehead atoms. The molecule has 5 nitrogen and oxygen atoms in total. The first-order valence-corrected chi connectivity index (χ1v) is 10.2. The zero-order valence-electron chi connectivity index (χ0n) is 16.7. The van der Waals surface area contributed by atoms with Gasteiger partial charge in [0.15, 0.2) is 0 Å². The number of aromatic nitrogens is 1. The Bertz CT molecular complexity index is 704. The molecule has 2 aromatic rings. The van der Waals surface area contributed by atoms with E-state index in [1.165, 1.54) is 0 Å². The van der Waals surface area contributed by atoms with Crippen molar-refractivity contribution < 1.29 is 9.59 Å². The molecule has 0 radical (unpaired) electrons. The Morgan fingerprint density at radius 3 is 2.57 bits per heavy atom. The van der Waals surface area contributed by atoms with Crippen molar-refractivity contribution in [2.45, 2.75) is 57.9 Å². The fourth-order valence-corrected chi connectivity index (χ4v) is 3.06. The van der Waals surface area contributed by atoms with Crippen LogP contribution in [0, 0.1) is 0 Å². The fraction of sp³-hybridized carbons (Fsp3) is 0.435. The monoisotopic (exact) mass is 381 g/mol. The lowest BCUT2D eigenvalue weighted by Crippen LogP contribution is -2.40. The van der Waals surface area contributed by atoms with Crippen LogP contribution in [-0.4, -0.2) is 29.3 Å². The molecule has 0 fully saturated rings. The number of hydrogen-bond donors (Lipinski definition) is 2. The number of hydrogen-bond acceptors (Lipinski definition) is 4. The number of nitrogens with zero attached hydrogens (tertiary/aromatic N) is 1. The van der Waals surface area contributed by atoms with Crippen LogP contribution in [0.3, 0.4) is 0 Å². The first kappa shape index (κ1) is 21.6. The molecule has 5 heteroatoms. The lowest BCUT2D eigenvalue weighted by Gasteiger charge is -2.20. The van der Waals surface area contributed by atoms with E-state index < -0.39 is 0 Å². The van der Waals surface area contributed by atoms with Crippen LogP contribution in [0.4, 0.5) is 5.69 Å². The second kappa shape index (κ2) is 12.7. The van der Waals surface area contributed by atoms with Gasteiger partial charge in [0.1, 0.15) is 5.78 Å². The van der Waals surface area contributed by atoms with E-state index in [2.05, 4.69) is 15.6 Å². The zero-order chi connectivity index (χ0) is 20.0. The van der Waals surface area contributed by atoms with Gasteiger partial charge in [-0.3, -0.25) is 14.6 Å². The molecule has 2 rings (SSSR count). The van der Waals surface area contributed by atoms with Crippen molar-refractivity contribution in [3.8, 4) is 0 Å². The Labute approximate surface area is 168 Å². The highest BCUT2D eigenvalue weighted by Crippen LogP contribution is 2.10. The maximum Gasteiger partial charge on any atom is 0.224 e. The van der Waals surface area contributed by atoms with Crippen LogP contribution in [0.5, 0.6) is 0 Å². The Balaban J connectivity index is 1.82. The number of ketones is 1. The summed E-state index contributed by atoms with van der Waals surface area (Å²) in [5.41, 5.74) is 1.95. The number of benzene rings is 1. The summed E-state index contributed by atoms with van der Waals surface area (Å²) >= 11 is 0. The fourth-order valence-electron chi connectivity index (χ4n) is 3.06. The average molecular weight is 382 g/mol. The maximum absolute atomic E-state index is 12.5. The minimum Gasteiger partial charge on any atom is -0.382 e. The van der Waals surface area contributed by atoms with Gasteiger partial charge >= 0.3 is 0 Å². The highest BCUT2D eigenvalue weighted by Gasteiger charge is 2.13. The molecule has 2 N–H and O–H groups in total. The maximum atomic E-state index is 12.5. The van der Waals surface area contributed by atoms with E-state index in [0.29, 0.717) is 31.6 Å². The molecule has 1 aromatic carbocycles. The first-order chi connectivity index (χ1) is 13.7. The quantitative estimate of drug-likeness (QED) is 0.511. The minimum atomic E-state index is 0.0327. The first-order valence-electron chi connectivity index (χ1n) is 10.2. The van der Waals surface area contributed by atoms with Crippen molar-refractivity contribution in [2.24, 2.45) is 0 Å². The van der Waals surface area contributed by atoms with Crippen LogP contribution in [-0.2, 0) is 16.0 Å². The van der Waals surface area contributed by atoms with E-state index in [1.807, 2.05) is 49.4 Å². The molecule has 0 aliphatic heterocycles. The third kappa shape index (κ3) is 8.80. The van der Waals surface area contributed by atoms with Crippen molar-refractivity contribution in [2.75, 3.05) is 11.9 Å². The Hall–Kier alpha value is -2.69. The van der Waals surface area contributed by atoms with Gasteiger partial charge in [0, 0.05) is 37.8 Å². The highest BCUT2D eigenvalue weighted by atomic mass is 16.1. The summed E-state index contributed by atoms with van der Waals surface area (Å²) in [4.78, 5) is 28.0. The van der Waals surface area contributed by atoms with Gasteiger partial charge in [-0.2, -0.15) is 0 Å². The highest BCUT2D eigenvalue weighted by molar-refractivity contribution is 5.79. The Morgan fingerprint density at radius 1 is 1.04 bits per heavy atom. The number of pyridine rings is 1. The van der Waals surface area contributed by atoms with Crippen molar-refractivity contribution in [1.29, 1.82) is 0 Å². The Morgan fingerprint density at radius 2 is 1.86 bits per heavy atom. The van der Waals surface area contributed by atoms with Crippen LogP contribution < -0.4 is 10.6 Å². The van der Waals surface area contributed by atoms with Crippen LogP contribution in [0.25, 0.3) is 0 Å². The number of amides is 1. The summed E-state index contributed by atoms with van der Waals surface area (Å²) in [6, 6.07) is 13.7. The van der Waals surface area contributed by atoms with Crippen LogP contribution in [0.2, 0.25) is 0 Å². The predicted octanol–water partition coefficient (Wildman–Crippen LogP) is 4.15. The summed E-state index contributed by atoms with van der Waals surface area (Å²) in [6.07, 6.45) is 8.98. The van der Waals surface area contributed by atoms with Gasteiger partial charge in [0.05, 0.1) is 12.1 Å². The largest absolute Gasteiger partial charge is 0.382 e. The molecule has 0 saturated heterocycles. The molecule has 0 saturated carbocycles. The van der Waals surface area contributed by atoms with Gasteiger partial charge in [-0.1, -0.05) is 50.1 Å². The zero-order valence-corrected chi connectivity index (χ0v) is 16.7. The molecule has 0 spiro atoms. The molecule has 1 unspecified atom stereocenters. The SMILES string of the molecule is CCC(=O)CCCCCC(CNc1cccnc1)NC(=O)Cc1ccccc1. The second-order valence-corrected chi connectivity index (χ2v) is 7.04. The second-order valence-electron chi connectivity index (χ2n) is 7.04. The number of Topliss-reactive ketones (excluding diaryl/α,β-unsaturated/α-hetero) is 1. The topological polar surface area (TPSA) is 71.1 Å². The van der Waals surface area contributed by atoms with Crippen molar-refractivity contribution >= 4 is 17.4 Å². The number of anilines is 1. The number of unbranched alkanes of at least 4 members (excludes halogenated alkanes) is 2. The number of rotatable bonds is 13. The summed E-state index contributed by atoms with van der Waals surface area (Å²) in [7, 11) is 0. The van der Waals surface area contributed by atoms with Crippen LogP contribution >= 0.6 is 0 Å². The normalized spacial score (nSPS) is 11.6. The minimum absolute atomic E-state index is 0.0327. The molecular weight excluding hydrogens is 350 g/mol. The Kier molecular flexibility index (Phi) is 9.76. The van der Waals surface area contributed by atoms with E-state index in [0.717, 1.165) is 36.9 Å². The van der Waals surface area contributed by atoms with Crippen LogP contribution in [0.1, 0.15) is 51.0 Å². The van der Waals surface area contributed by atoms with Gasteiger partial charge in [-0.15, -0.1) is 0 Å². The molecule has 1 amide bonds. The van der Waals surface area contributed by atoms with Gasteiger partial charge in [-0.25, -0.2) is 0 Å². The van der Waals surface area contributed by atoms with Gasteiger partial charge < -0.3 is 10.6 Å². The van der Waals surface area contributed by atoms with Gasteiger partial charge in [0.2, 0.25) is 5.91 Å². The standard InChI is InChI=1S/C23H31N3O2/c1-2-22(27)14-8-4-7-12-21(18-25-20-13-9-15-24-17-20)26-23(28)16-19-10-5-3-6-11-19/h3,5-6,9-11,13,15,17,21,25H,2,4,7-8,12,14,16,18H2,1H3,(H,26,28). The van der Waals surface area contributed by atoms with E-state index in [9.17, 15) is 9.59 Å². The molecule has 1 aromatic heterocycles. The smallest absolute Gasteiger partial charge is 0.224 e. The molecule has 0 aliphatic rings.